The first-order chi connectivity index (χ1) is 8.65. The monoisotopic (exact) mass is 249 g/mol. The maximum Gasteiger partial charge on any atom is 0.220 e. The molecule has 1 amide bonds. The van der Waals surface area contributed by atoms with Gasteiger partial charge in [-0.3, -0.25) is 9.48 Å². The Hall–Kier alpha value is -1.32. The number of nitrogens with zero attached hydrogens (tertiary/aromatic N) is 2. The van der Waals surface area contributed by atoms with Gasteiger partial charge < -0.3 is 5.32 Å². The summed E-state index contributed by atoms with van der Waals surface area (Å²) in [4.78, 5) is 11.8. The first-order valence-corrected chi connectivity index (χ1v) is 6.91. The third kappa shape index (κ3) is 3.59. The van der Waals surface area contributed by atoms with Gasteiger partial charge in [-0.15, -0.1) is 0 Å². The highest BCUT2D eigenvalue weighted by Crippen LogP contribution is 2.28. The second-order valence-electron chi connectivity index (χ2n) is 5.38. The summed E-state index contributed by atoms with van der Waals surface area (Å²) in [5.74, 6) is 0.959. The van der Waals surface area contributed by atoms with Crippen molar-refractivity contribution in [2.24, 2.45) is 13.0 Å². The quantitative estimate of drug-likeness (QED) is 0.870. The molecule has 4 nitrogen and oxygen atoms in total. The van der Waals surface area contributed by atoms with Crippen LogP contribution in [0.25, 0.3) is 0 Å². The predicted octanol–water partition coefficient (Wildman–Crippen LogP) is 2.32. The molecule has 0 radical (unpaired) electrons. The molecule has 1 aliphatic rings. The van der Waals surface area contributed by atoms with Gasteiger partial charge in [0.2, 0.25) is 5.91 Å². The third-order valence-electron chi connectivity index (χ3n) is 3.85. The number of carbonyl (C=O) groups is 1. The Balaban J connectivity index is 1.69. The summed E-state index contributed by atoms with van der Waals surface area (Å²) in [6, 6.07) is 0. The first-order valence-electron chi connectivity index (χ1n) is 6.91. The van der Waals surface area contributed by atoms with Crippen LogP contribution in [0, 0.1) is 12.8 Å². The average molecular weight is 249 g/mol. The number of hydrogen-bond acceptors (Lipinski definition) is 2. The minimum absolute atomic E-state index is 0.171. The molecule has 0 atom stereocenters. The van der Waals surface area contributed by atoms with Crippen LogP contribution in [0.15, 0.2) is 6.20 Å². The van der Waals surface area contributed by atoms with Crippen LogP contribution in [0.2, 0.25) is 0 Å². The standard InChI is InChI=1S/C14H23N3O/c1-11-13(10-17(2)16-11)9-15-14(18)8-7-12-5-3-4-6-12/h10,12H,3-9H2,1-2H3,(H,15,18). The lowest BCUT2D eigenvalue weighted by molar-refractivity contribution is -0.121. The van der Waals surface area contributed by atoms with E-state index in [4.69, 9.17) is 0 Å². The van der Waals surface area contributed by atoms with Crippen LogP contribution in [0.1, 0.15) is 49.8 Å². The molecule has 2 rings (SSSR count). The Morgan fingerprint density at radius 3 is 2.83 bits per heavy atom. The molecule has 0 aliphatic heterocycles. The summed E-state index contributed by atoms with van der Waals surface area (Å²) in [5, 5.41) is 7.25. The van der Waals surface area contributed by atoms with E-state index in [1.165, 1.54) is 25.7 Å². The number of carbonyl (C=O) groups excluding carboxylic acids is 1. The van der Waals surface area contributed by atoms with Gasteiger partial charge in [0.15, 0.2) is 0 Å². The van der Waals surface area contributed by atoms with Gasteiger partial charge >= 0.3 is 0 Å². The van der Waals surface area contributed by atoms with Crippen molar-refractivity contribution in [3.8, 4) is 0 Å². The van der Waals surface area contributed by atoms with E-state index in [9.17, 15) is 4.79 Å². The lowest BCUT2D eigenvalue weighted by Crippen LogP contribution is -2.23. The van der Waals surface area contributed by atoms with Crippen LogP contribution in [0.3, 0.4) is 0 Å². The van der Waals surface area contributed by atoms with Crippen molar-refractivity contribution in [2.45, 2.75) is 52.0 Å². The number of amides is 1. The second-order valence-corrected chi connectivity index (χ2v) is 5.38. The SMILES string of the molecule is Cc1nn(C)cc1CNC(=O)CCC1CCCC1. The number of aryl methyl sites for hydroxylation is 2. The molecule has 0 spiro atoms. The maximum atomic E-state index is 11.8. The van der Waals surface area contributed by atoms with Gasteiger partial charge in [0.25, 0.3) is 0 Å². The molecule has 18 heavy (non-hydrogen) atoms. The fourth-order valence-corrected chi connectivity index (χ4v) is 2.74. The van der Waals surface area contributed by atoms with E-state index in [0.717, 1.165) is 23.6 Å². The minimum Gasteiger partial charge on any atom is -0.352 e. The van der Waals surface area contributed by atoms with Gasteiger partial charge in [0, 0.05) is 31.8 Å². The Labute approximate surface area is 109 Å². The lowest BCUT2D eigenvalue weighted by atomic mass is 10.0. The molecular weight excluding hydrogens is 226 g/mol. The molecule has 0 aromatic carbocycles. The van der Waals surface area contributed by atoms with Gasteiger partial charge in [0.1, 0.15) is 0 Å². The smallest absolute Gasteiger partial charge is 0.220 e. The number of rotatable bonds is 5. The third-order valence-corrected chi connectivity index (χ3v) is 3.85. The molecule has 1 aromatic rings. The normalized spacial score (nSPS) is 16.1. The van der Waals surface area contributed by atoms with Gasteiger partial charge in [-0.25, -0.2) is 0 Å². The Kier molecular flexibility index (Phi) is 4.39. The van der Waals surface area contributed by atoms with E-state index in [-0.39, 0.29) is 5.91 Å². The summed E-state index contributed by atoms with van der Waals surface area (Å²) in [6.07, 6.45) is 9.01. The maximum absolute atomic E-state index is 11.8. The van der Waals surface area contributed by atoms with E-state index in [2.05, 4.69) is 10.4 Å². The molecule has 4 heteroatoms. The Morgan fingerprint density at radius 1 is 1.50 bits per heavy atom. The highest BCUT2D eigenvalue weighted by Gasteiger charge is 2.16. The van der Waals surface area contributed by atoms with Gasteiger partial charge in [-0.2, -0.15) is 5.10 Å². The molecule has 1 aliphatic carbocycles. The van der Waals surface area contributed by atoms with Gasteiger partial charge in [0.05, 0.1) is 5.69 Å². The summed E-state index contributed by atoms with van der Waals surface area (Å²) in [5.41, 5.74) is 2.10. The molecule has 100 valence electrons. The van der Waals surface area contributed by atoms with Crippen molar-refractivity contribution in [1.82, 2.24) is 15.1 Å². The van der Waals surface area contributed by atoms with Gasteiger partial charge in [-0.1, -0.05) is 25.7 Å². The molecule has 1 N–H and O–H groups in total. The fourth-order valence-electron chi connectivity index (χ4n) is 2.74. The Bertz CT molecular complexity index is 405. The van der Waals surface area contributed by atoms with Crippen LogP contribution in [0.4, 0.5) is 0 Å². The van der Waals surface area contributed by atoms with Crippen LogP contribution in [-0.4, -0.2) is 15.7 Å². The first kappa shape index (κ1) is 13.1. The number of nitrogens with one attached hydrogen (secondary N) is 1. The number of aromatic nitrogens is 2. The summed E-state index contributed by atoms with van der Waals surface area (Å²) in [7, 11) is 1.90. The van der Waals surface area contributed by atoms with Crippen LogP contribution in [0.5, 0.6) is 0 Å². The van der Waals surface area contributed by atoms with Crippen molar-refractivity contribution in [3.63, 3.8) is 0 Å². The Morgan fingerprint density at radius 2 is 2.22 bits per heavy atom. The number of hydrogen-bond donors (Lipinski definition) is 1. The molecule has 1 heterocycles. The van der Waals surface area contributed by atoms with E-state index in [0.29, 0.717) is 13.0 Å². The summed E-state index contributed by atoms with van der Waals surface area (Å²) >= 11 is 0. The molecule has 0 saturated heterocycles. The van der Waals surface area contributed by atoms with E-state index in [1.807, 2.05) is 20.2 Å². The molecule has 0 bridgehead atoms. The van der Waals surface area contributed by atoms with Crippen molar-refractivity contribution < 1.29 is 4.79 Å². The van der Waals surface area contributed by atoms with Crippen LogP contribution >= 0.6 is 0 Å². The lowest BCUT2D eigenvalue weighted by Gasteiger charge is -2.08. The minimum atomic E-state index is 0.171. The highest BCUT2D eigenvalue weighted by molar-refractivity contribution is 5.75. The molecule has 0 unspecified atom stereocenters. The summed E-state index contributed by atoms with van der Waals surface area (Å²) < 4.78 is 1.79. The van der Waals surface area contributed by atoms with Crippen molar-refractivity contribution in [3.05, 3.63) is 17.5 Å². The molecule has 1 aromatic heterocycles. The zero-order valence-corrected chi connectivity index (χ0v) is 11.4. The zero-order valence-electron chi connectivity index (χ0n) is 11.4. The van der Waals surface area contributed by atoms with Gasteiger partial charge in [-0.05, 0) is 19.3 Å². The van der Waals surface area contributed by atoms with Crippen LogP contribution < -0.4 is 5.32 Å². The van der Waals surface area contributed by atoms with Crippen LogP contribution in [-0.2, 0) is 18.4 Å². The van der Waals surface area contributed by atoms with Crippen molar-refractivity contribution >= 4 is 5.91 Å². The predicted molar refractivity (Wildman–Crippen MR) is 71.0 cm³/mol. The van der Waals surface area contributed by atoms with E-state index >= 15 is 0 Å². The topological polar surface area (TPSA) is 46.9 Å². The average Bonchev–Trinajstić information content (AvgIpc) is 2.94. The zero-order chi connectivity index (χ0) is 13.0. The second kappa shape index (κ2) is 6.03. The largest absolute Gasteiger partial charge is 0.352 e. The highest BCUT2D eigenvalue weighted by atomic mass is 16.1. The van der Waals surface area contributed by atoms with E-state index in [1.54, 1.807) is 4.68 Å². The van der Waals surface area contributed by atoms with E-state index < -0.39 is 0 Å². The molecule has 1 fully saturated rings. The summed E-state index contributed by atoms with van der Waals surface area (Å²) in [6.45, 7) is 2.57. The van der Waals surface area contributed by atoms with Crippen molar-refractivity contribution in [2.75, 3.05) is 0 Å². The fraction of sp³-hybridized carbons (Fsp3) is 0.714. The molecular formula is C14H23N3O. The molecule has 1 saturated carbocycles. The van der Waals surface area contributed by atoms with Crippen molar-refractivity contribution in [1.29, 1.82) is 0 Å².